The molecule has 1 amide bonds. The summed E-state index contributed by atoms with van der Waals surface area (Å²) in [6, 6.07) is 14.9. The Kier molecular flexibility index (Phi) is 5.13. The van der Waals surface area contributed by atoms with Crippen LogP contribution in [-0.2, 0) is 10.0 Å². The minimum Gasteiger partial charge on any atom is -0.336 e. The van der Waals surface area contributed by atoms with Gasteiger partial charge < -0.3 is 4.90 Å². The van der Waals surface area contributed by atoms with Gasteiger partial charge in [0.05, 0.1) is 4.90 Å². The summed E-state index contributed by atoms with van der Waals surface area (Å²) in [6.45, 7) is 2.81. The Hall–Kier alpha value is -1.89. The molecule has 1 unspecified atom stereocenters. The van der Waals surface area contributed by atoms with E-state index in [4.69, 9.17) is 11.6 Å². The van der Waals surface area contributed by atoms with E-state index < -0.39 is 10.0 Å². The molecule has 0 aromatic heterocycles. The molecule has 0 N–H and O–H groups in total. The molecule has 2 aromatic carbocycles. The van der Waals surface area contributed by atoms with Gasteiger partial charge in [0.1, 0.15) is 0 Å². The third kappa shape index (κ3) is 3.71. The van der Waals surface area contributed by atoms with Crippen LogP contribution in [-0.4, -0.2) is 49.2 Å². The molecule has 1 fully saturated rings. The van der Waals surface area contributed by atoms with Crippen molar-refractivity contribution in [2.45, 2.75) is 17.9 Å². The number of halogens is 1. The maximum absolute atomic E-state index is 12.8. The molecule has 132 valence electrons. The van der Waals surface area contributed by atoms with Gasteiger partial charge in [0.25, 0.3) is 5.91 Å². The van der Waals surface area contributed by atoms with Gasteiger partial charge in [-0.05, 0) is 43.3 Å². The largest absolute Gasteiger partial charge is 0.336 e. The Balaban J connectivity index is 1.75. The number of hydrogen-bond acceptors (Lipinski definition) is 3. The number of piperazine rings is 1. The number of sulfonamides is 1. The summed E-state index contributed by atoms with van der Waals surface area (Å²) >= 11 is 5.84. The van der Waals surface area contributed by atoms with Crippen molar-refractivity contribution < 1.29 is 13.2 Å². The molecule has 5 nitrogen and oxygen atoms in total. The highest BCUT2D eigenvalue weighted by Gasteiger charge is 2.35. The first-order chi connectivity index (χ1) is 11.9. The molecule has 1 atom stereocenters. The molecule has 1 heterocycles. The van der Waals surface area contributed by atoms with E-state index in [0.29, 0.717) is 23.7 Å². The van der Waals surface area contributed by atoms with Crippen LogP contribution >= 0.6 is 11.6 Å². The highest BCUT2D eigenvalue weighted by molar-refractivity contribution is 7.89. The van der Waals surface area contributed by atoms with Gasteiger partial charge in [-0.25, -0.2) is 8.42 Å². The van der Waals surface area contributed by atoms with E-state index >= 15 is 0 Å². The fourth-order valence-corrected chi connectivity index (χ4v) is 4.73. The number of amides is 1. The third-order valence-electron chi connectivity index (χ3n) is 4.29. The van der Waals surface area contributed by atoms with E-state index in [9.17, 15) is 13.2 Å². The normalized spacial score (nSPS) is 19.0. The number of rotatable bonds is 3. The fraction of sp³-hybridized carbons (Fsp3) is 0.278. The Morgan fingerprint density at radius 1 is 1.04 bits per heavy atom. The lowest BCUT2D eigenvalue weighted by atomic mass is 10.1. The molecule has 25 heavy (non-hydrogen) atoms. The second-order valence-electron chi connectivity index (χ2n) is 6.04. The van der Waals surface area contributed by atoms with Gasteiger partial charge >= 0.3 is 0 Å². The first kappa shape index (κ1) is 17.9. The molecule has 0 bridgehead atoms. The molecular formula is C18H19ClN2O3S. The summed E-state index contributed by atoms with van der Waals surface area (Å²) in [7, 11) is -3.61. The van der Waals surface area contributed by atoms with E-state index in [1.165, 1.54) is 16.4 Å². The van der Waals surface area contributed by atoms with Crippen LogP contribution in [0.3, 0.4) is 0 Å². The minimum atomic E-state index is -3.61. The van der Waals surface area contributed by atoms with Gasteiger partial charge in [-0.3, -0.25) is 4.79 Å². The molecule has 1 aliphatic rings. The molecule has 1 aliphatic heterocycles. The summed E-state index contributed by atoms with van der Waals surface area (Å²) in [5.41, 5.74) is 0.615. The van der Waals surface area contributed by atoms with Crippen molar-refractivity contribution in [1.29, 1.82) is 0 Å². The number of hydrogen-bond donors (Lipinski definition) is 0. The van der Waals surface area contributed by atoms with E-state index in [1.54, 1.807) is 29.2 Å². The fourth-order valence-electron chi connectivity index (χ4n) is 2.99. The summed E-state index contributed by atoms with van der Waals surface area (Å²) in [5, 5.41) is 0.491. The smallest absolute Gasteiger partial charge is 0.253 e. The standard InChI is InChI=1S/C18H19ClN2O3S/c1-14-13-20(18(22)15-5-3-2-4-6-15)11-12-21(14)25(23,24)17-9-7-16(19)8-10-17/h2-10,14H,11-13H2,1H3. The lowest BCUT2D eigenvalue weighted by molar-refractivity contribution is 0.0642. The average Bonchev–Trinajstić information content (AvgIpc) is 2.62. The molecule has 2 aromatic rings. The maximum Gasteiger partial charge on any atom is 0.253 e. The summed E-state index contributed by atoms with van der Waals surface area (Å²) in [4.78, 5) is 14.5. The number of nitrogens with zero attached hydrogens (tertiary/aromatic N) is 2. The van der Waals surface area contributed by atoms with Crippen LogP contribution in [0.2, 0.25) is 5.02 Å². The first-order valence-corrected chi connectivity index (χ1v) is 9.83. The van der Waals surface area contributed by atoms with Crippen molar-refractivity contribution in [2.75, 3.05) is 19.6 Å². The molecule has 0 radical (unpaired) electrons. The Morgan fingerprint density at radius 2 is 1.68 bits per heavy atom. The lowest BCUT2D eigenvalue weighted by Crippen LogP contribution is -2.55. The van der Waals surface area contributed by atoms with Crippen LogP contribution in [0, 0.1) is 0 Å². The summed E-state index contributed by atoms with van der Waals surface area (Å²) in [5.74, 6) is -0.0732. The van der Waals surface area contributed by atoms with Crippen LogP contribution in [0.5, 0.6) is 0 Å². The zero-order valence-corrected chi connectivity index (χ0v) is 15.4. The van der Waals surface area contributed by atoms with E-state index in [-0.39, 0.29) is 23.4 Å². The van der Waals surface area contributed by atoms with E-state index in [1.807, 2.05) is 25.1 Å². The van der Waals surface area contributed by atoms with Crippen LogP contribution < -0.4 is 0 Å². The SMILES string of the molecule is CC1CN(C(=O)c2ccccc2)CCN1S(=O)(=O)c1ccc(Cl)cc1. The number of carbonyl (C=O) groups is 1. The number of carbonyl (C=O) groups excluding carboxylic acids is 1. The zero-order chi connectivity index (χ0) is 18.0. The topological polar surface area (TPSA) is 57.7 Å². The Bertz CT molecular complexity index is 854. The maximum atomic E-state index is 12.8. The second-order valence-corrected chi connectivity index (χ2v) is 8.36. The van der Waals surface area contributed by atoms with Crippen molar-refractivity contribution in [3.63, 3.8) is 0 Å². The first-order valence-electron chi connectivity index (χ1n) is 8.01. The van der Waals surface area contributed by atoms with E-state index in [0.717, 1.165) is 0 Å². The van der Waals surface area contributed by atoms with Crippen molar-refractivity contribution >= 4 is 27.5 Å². The van der Waals surface area contributed by atoms with Crippen LogP contribution in [0.25, 0.3) is 0 Å². The monoisotopic (exact) mass is 378 g/mol. The average molecular weight is 379 g/mol. The predicted octanol–water partition coefficient (Wildman–Crippen LogP) is 2.88. The minimum absolute atomic E-state index is 0.0732. The molecule has 0 aliphatic carbocycles. The van der Waals surface area contributed by atoms with Crippen molar-refractivity contribution in [3.8, 4) is 0 Å². The Labute approximate surface area is 152 Å². The van der Waals surface area contributed by atoms with Gasteiger partial charge in [-0.2, -0.15) is 4.31 Å². The predicted molar refractivity (Wildman–Crippen MR) is 97.2 cm³/mol. The summed E-state index contributed by atoms with van der Waals surface area (Å²) < 4.78 is 27.1. The Morgan fingerprint density at radius 3 is 2.28 bits per heavy atom. The molecule has 7 heteroatoms. The third-order valence-corrected chi connectivity index (χ3v) is 6.57. The lowest BCUT2D eigenvalue weighted by Gasteiger charge is -2.39. The van der Waals surface area contributed by atoms with Gasteiger partial charge in [0.2, 0.25) is 10.0 Å². The molecule has 0 saturated carbocycles. The van der Waals surface area contributed by atoms with Crippen LogP contribution in [0.4, 0.5) is 0 Å². The van der Waals surface area contributed by atoms with Crippen molar-refractivity contribution in [2.24, 2.45) is 0 Å². The van der Waals surface area contributed by atoms with Gasteiger partial charge in [0.15, 0.2) is 0 Å². The highest BCUT2D eigenvalue weighted by atomic mass is 35.5. The molecule has 0 spiro atoms. The quantitative estimate of drug-likeness (QED) is 0.825. The van der Waals surface area contributed by atoms with Crippen molar-refractivity contribution in [1.82, 2.24) is 9.21 Å². The van der Waals surface area contributed by atoms with E-state index in [2.05, 4.69) is 0 Å². The zero-order valence-electron chi connectivity index (χ0n) is 13.8. The summed E-state index contributed by atoms with van der Waals surface area (Å²) in [6.07, 6.45) is 0. The van der Waals surface area contributed by atoms with Gasteiger partial charge in [-0.1, -0.05) is 29.8 Å². The highest BCUT2D eigenvalue weighted by Crippen LogP contribution is 2.23. The molecular weight excluding hydrogens is 360 g/mol. The molecule has 1 saturated heterocycles. The van der Waals surface area contributed by atoms with Crippen LogP contribution in [0.1, 0.15) is 17.3 Å². The van der Waals surface area contributed by atoms with Gasteiger partial charge in [0, 0.05) is 36.3 Å². The number of benzene rings is 2. The second kappa shape index (κ2) is 7.15. The van der Waals surface area contributed by atoms with Gasteiger partial charge in [-0.15, -0.1) is 0 Å². The van der Waals surface area contributed by atoms with Crippen LogP contribution in [0.15, 0.2) is 59.5 Å². The molecule has 3 rings (SSSR count). The van der Waals surface area contributed by atoms with Crippen molar-refractivity contribution in [3.05, 3.63) is 65.2 Å².